The van der Waals surface area contributed by atoms with Gasteiger partial charge in [0.15, 0.2) is 0 Å². The lowest BCUT2D eigenvalue weighted by molar-refractivity contribution is 0.0207. The van der Waals surface area contributed by atoms with Crippen LogP contribution in [-0.2, 0) is 5.54 Å². The first-order valence-electron chi connectivity index (χ1n) is 8.68. The normalized spacial score (nSPS) is 13.7. The largest absolute Gasteiger partial charge is 0.352 e. The Bertz CT molecular complexity index is 996. The van der Waals surface area contributed by atoms with Gasteiger partial charge in [0.25, 0.3) is 12.3 Å². The van der Waals surface area contributed by atoms with E-state index in [1.54, 1.807) is 0 Å². The number of carbonyl (C=O) groups excluding carboxylic acids is 2. The Balaban J connectivity index is 2.46. The molecule has 9 N–H and O–H groups in total. The summed E-state index contributed by atoms with van der Waals surface area (Å²) in [6.45, 7) is 0. The quantitative estimate of drug-likeness (QED) is 0.199. The molecule has 0 aliphatic rings. The number of nitrogens with two attached hydrogens (primary N) is 3. The lowest BCUT2D eigenvalue weighted by Crippen LogP contribution is -2.58. The topological polar surface area (TPSA) is 185 Å². The second-order valence-electron chi connectivity index (χ2n) is 6.43. The highest BCUT2D eigenvalue weighted by Crippen LogP contribution is 2.36. The van der Waals surface area contributed by atoms with Crippen molar-refractivity contribution in [2.75, 3.05) is 5.32 Å². The van der Waals surface area contributed by atoms with Crippen molar-refractivity contribution in [3.05, 3.63) is 59.2 Å². The molecular formula is C18H19F3N8O2. The molecule has 0 saturated carbocycles. The summed E-state index contributed by atoms with van der Waals surface area (Å²) < 4.78 is 42.8. The summed E-state index contributed by atoms with van der Waals surface area (Å²) in [5.74, 6) is 3.32. The van der Waals surface area contributed by atoms with E-state index >= 15 is 0 Å². The molecule has 0 bridgehead atoms. The molecule has 0 fully saturated rings. The summed E-state index contributed by atoms with van der Waals surface area (Å²) in [5, 5.41) is 13.0. The fraction of sp³-hybridized carbons (Fsp3) is 0.222. The Morgan fingerprint density at radius 1 is 1.26 bits per heavy atom. The van der Waals surface area contributed by atoms with Gasteiger partial charge in [-0.3, -0.25) is 10.6 Å². The molecule has 2 atom stereocenters. The molecule has 0 unspecified atom stereocenters. The Labute approximate surface area is 174 Å². The number of urea groups is 1. The summed E-state index contributed by atoms with van der Waals surface area (Å²) >= 11 is 0. The number of aromatic nitrogens is 1. The smallest absolute Gasteiger partial charge is 0.313 e. The number of hydrazine groups is 1. The average Bonchev–Trinajstić information content (AvgIpc) is 2.73. The third-order valence-electron chi connectivity index (χ3n) is 4.30. The lowest BCUT2D eigenvalue weighted by Gasteiger charge is -2.36. The summed E-state index contributed by atoms with van der Waals surface area (Å²) in [7, 11) is 0. The molecule has 0 saturated heterocycles. The van der Waals surface area contributed by atoms with Gasteiger partial charge in [-0.15, -0.1) is 0 Å². The number of anilines is 1. The van der Waals surface area contributed by atoms with E-state index in [-0.39, 0.29) is 16.9 Å². The van der Waals surface area contributed by atoms with E-state index in [4.69, 9.17) is 22.6 Å². The zero-order valence-electron chi connectivity index (χ0n) is 15.9. The van der Waals surface area contributed by atoms with Crippen LogP contribution in [0, 0.1) is 17.1 Å². The number of alkyl halides is 2. The maximum atomic E-state index is 14.6. The van der Waals surface area contributed by atoms with Crippen molar-refractivity contribution in [2.24, 2.45) is 17.3 Å². The summed E-state index contributed by atoms with van der Waals surface area (Å²) in [4.78, 5) is 27.6. The molecule has 0 aliphatic carbocycles. The highest BCUT2D eigenvalue weighted by molar-refractivity contribution is 6.02. The van der Waals surface area contributed by atoms with Crippen LogP contribution in [0.25, 0.3) is 0 Å². The van der Waals surface area contributed by atoms with Crippen molar-refractivity contribution in [2.45, 2.75) is 24.6 Å². The number of carbonyl (C=O) groups is 2. The number of nitrogens with one attached hydrogen (secondary N) is 3. The van der Waals surface area contributed by atoms with E-state index < -0.39 is 47.9 Å². The van der Waals surface area contributed by atoms with Crippen molar-refractivity contribution >= 4 is 17.6 Å². The van der Waals surface area contributed by atoms with E-state index in [0.29, 0.717) is 0 Å². The number of hydrogen-bond acceptors (Lipinski definition) is 7. The van der Waals surface area contributed by atoms with E-state index in [9.17, 15) is 22.8 Å². The van der Waals surface area contributed by atoms with Gasteiger partial charge in [-0.25, -0.2) is 28.4 Å². The van der Waals surface area contributed by atoms with Crippen LogP contribution in [0.1, 0.15) is 28.0 Å². The first kappa shape index (κ1) is 23.5. The SMILES string of the molecule is N#Cc1ccc(C(=O)Nc2ccc(F)c([C@@](C[C@H](N)NN)(NC(N)=O)C(F)F)c2)nc1. The zero-order chi connectivity index (χ0) is 23.2. The number of nitriles is 1. The summed E-state index contributed by atoms with van der Waals surface area (Å²) in [6.07, 6.45) is -4.16. The number of pyridine rings is 1. The van der Waals surface area contributed by atoms with Crippen LogP contribution in [0.3, 0.4) is 0 Å². The fourth-order valence-electron chi connectivity index (χ4n) is 2.85. The first-order valence-corrected chi connectivity index (χ1v) is 8.68. The van der Waals surface area contributed by atoms with Crippen molar-refractivity contribution in [1.82, 2.24) is 15.7 Å². The van der Waals surface area contributed by atoms with Crippen LogP contribution < -0.4 is 33.4 Å². The van der Waals surface area contributed by atoms with Crippen molar-refractivity contribution < 1.29 is 22.8 Å². The Kier molecular flexibility index (Phi) is 7.48. The highest BCUT2D eigenvalue weighted by atomic mass is 19.3. The molecular weight excluding hydrogens is 417 g/mol. The van der Waals surface area contributed by atoms with Crippen LogP contribution in [-0.4, -0.2) is 29.5 Å². The van der Waals surface area contributed by atoms with Gasteiger partial charge in [-0.1, -0.05) is 0 Å². The van der Waals surface area contributed by atoms with Gasteiger partial charge in [-0.2, -0.15) is 5.26 Å². The Hall–Kier alpha value is -3.73. The van der Waals surface area contributed by atoms with Gasteiger partial charge in [0.1, 0.15) is 23.1 Å². The highest BCUT2D eigenvalue weighted by Gasteiger charge is 2.46. The van der Waals surface area contributed by atoms with Crippen LogP contribution >= 0.6 is 0 Å². The van der Waals surface area contributed by atoms with Gasteiger partial charge in [0.2, 0.25) is 0 Å². The maximum absolute atomic E-state index is 14.6. The number of hydrogen-bond donors (Lipinski definition) is 6. The molecule has 10 nitrogen and oxygen atoms in total. The average molecular weight is 436 g/mol. The number of benzene rings is 1. The van der Waals surface area contributed by atoms with Crippen molar-refractivity contribution in [3.63, 3.8) is 0 Å². The van der Waals surface area contributed by atoms with Gasteiger partial charge in [0.05, 0.1) is 11.7 Å². The molecule has 1 heterocycles. The van der Waals surface area contributed by atoms with Crippen LogP contribution in [0.2, 0.25) is 0 Å². The molecule has 0 aliphatic heterocycles. The van der Waals surface area contributed by atoms with Gasteiger partial charge >= 0.3 is 6.03 Å². The Morgan fingerprint density at radius 2 is 1.97 bits per heavy atom. The standard InChI is InChI=1S/C18H19F3N8O2/c19-12-3-2-10(27-15(30)13-4-1-9(7-22)8-26-13)5-11(12)18(16(20)21,28-17(24)31)6-14(23)29-25/h1-5,8,14,16,29H,6,23,25H2,(H,27,30)(H3,24,28,31)/t14-,18-/m1/s1. The zero-order valence-corrected chi connectivity index (χ0v) is 15.9. The molecule has 1 aromatic carbocycles. The number of primary amides is 1. The molecule has 0 radical (unpaired) electrons. The second-order valence-corrected chi connectivity index (χ2v) is 6.43. The van der Waals surface area contributed by atoms with Crippen LogP contribution in [0.15, 0.2) is 36.5 Å². The number of nitrogens with zero attached hydrogens (tertiary/aromatic N) is 2. The Morgan fingerprint density at radius 3 is 2.48 bits per heavy atom. The lowest BCUT2D eigenvalue weighted by atomic mass is 9.85. The summed E-state index contributed by atoms with van der Waals surface area (Å²) in [6, 6.07) is 6.01. The third kappa shape index (κ3) is 5.45. The van der Waals surface area contributed by atoms with E-state index in [2.05, 4.69) is 10.3 Å². The molecule has 1 aromatic heterocycles. The molecule has 31 heavy (non-hydrogen) atoms. The van der Waals surface area contributed by atoms with Gasteiger partial charge < -0.3 is 22.1 Å². The second kappa shape index (κ2) is 9.85. The molecule has 3 amide bonds. The monoisotopic (exact) mass is 436 g/mol. The van der Waals surface area contributed by atoms with Crippen molar-refractivity contribution in [1.29, 1.82) is 5.26 Å². The van der Waals surface area contributed by atoms with Crippen molar-refractivity contribution in [3.8, 4) is 6.07 Å². The van der Waals surface area contributed by atoms with Gasteiger partial charge in [-0.05, 0) is 30.3 Å². The van der Waals surface area contributed by atoms with E-state index in [1.165, 1.54) is 18.3 Å². The molecule has 0 spiro atoms. The first-order chi connectivity index (χ1) is 14.6. The predicted molar refractivity (Wildman–Crippen MR) is 104 cm³/mol. The maximum Gasteiger partial charge on any atom is 0.313 e. The van der Waals surface area contributed by atoms with Crippen LogP contribution in [0.5, 0.6) is 0 Å². The number of rotatable bonds is 8. The number of amides is 3. The molecule has 2 aromatic rings. The molecule has 2 rings (SSSR count). The van der Waals surface area contributed by atoms with E-state index in [1.807, 2.05) is 16.8 Å². The van der Waals surface area contributed by atoms with Crippen LogP contribution in [0.4, 0.5) is 23.7 Å². The molecule has 164 valence electrons. The minimum atomic E-state index is -3.35. The predicted octanol–water partition coefficient (Wildman–Crippen LogP) is 0.612. The third-order valence-corrected chi connectivity index (χ3v) is 4.30. The minimum absolute atomic E-state index is 0.0712. The van der Waals surface area contributed by atoms with E-state index in [0.717, 1.165) is 18.2 Å². The summed E-state index contributed by atoms with van der Waals surface area (Å²) in [5.41, 5.74) is 9.45. The number of halogens is 3. The fourth-order valence-corrected chi connectivity index (χ4v) is 2.85. The molecule has 13 heteroatoms. The minimum Gasteiger partial charge on any atom is -0.352 e. The van der Waals surface area contributed by atoms with Gasteiger partial charge in [0, 0.05) is 23.9 Å².